The molecular formula is C45H49N3O8. The number of aromatic hydroxyl groups is 1. The number of benzene rings is 5. The van der Waals surface area contributed by atoms with E-state index in [9.17, 15) is 24.9 Å². The van der Waals surface area contributed by atoms with Gasteiger partial charge in [-0.2, -0.15) is 0 Å². The molecule has 1 aliphatic heterocycles. The van der Waals surface area contributed by atoms with Gasteiger partial charge < -0.3 is 45.1 Å². The smallest absolute Gasteiger partial charge is 0.328 e. The van der Waals surface area contributed by atoms with Crippen molar-refractivity contribution in [2.24, 2.45) is 0 Å². The quantitative estimate of drug-likeness (QED) is 0.0771. The predicted octanol–water partition coefficient (Wildman–Crippen LogP) is 6.35. The van der Waals surface area contributed by atoms with E-state index in [0.29, 0.717) is 31.5 Å². The number of carbonyl (C=O) groups excluding carboxylic acids is 2. The molecule has 1 heterocycles. The Hall–Kier alpha value is -5.56. The van der Waals surface area contributed by atoms with E-state index < -0.39 is 30.4 Å². The molecule has 5 aromatic carbocycles. The number of esters is 1. The zero-order chi connectivity index (χ0) is 39.4. The summed E-state index contributed by atoms with van der Waals surface area (Å²) in [5.74, 6) is -0.418. The number of hydrogen-bond donors (Lipinski definition) is 5. The minimum Gasteiger partial charge on any atom is -0.508 e. The molecule has 0 spiro atoms. The number of phenolic OH excluding ortho intramolecular Hbond substituents is 1. The highest BCUT2D eigenvalue weighted by Crippen LogP contribution is 2.39. The summed E-state index contributed by atoms with van der Waals surface area (Å²) >= 11 is 0. The normalized spacial score (nSPS) is 17.8. The Bertz CT molecular complexity index is 2040. The first-order valence-corrected chi connectivity index (χ1v) is 18.7. The monoisotopic (exact) mass is 759 g/mol. The van der Waals surface area contributed by atoms with Gasteiger partial charge >= 0.3 is 12.0 Å². The number of aliphatic hydroxyl groups is 2. The summed E-state index contributed by atoms with van der Waals surface area (Å²) in [7, 11) is 3.23. The first-order chi connectivity index (χ1) is 27.2. The van der Waals surface area contributed by atoms with Crippen molar-refractivity contribution < 1.29 is 39.1 Å². The summed E-state index contributed by atoms with van der Waals surface area (Å²) < 4.78 is 18.2. The molecule has 1 fully saturated rings. The van der Waals surface area contributed by atoms with Crippen LogP contribution in [0.5, 0.6) is 5.75 Å². The summed E-state index contributed by atoms with van der Waals surface area (Å²) in [6.45, 7) is 1.05. The molecular weight excluding hydrogens is 711 g/mol. The summed E-state index contributed by atoms with van der Waals surface area (Å²) in [5, 5.41) is 36.0. The SMILES string of the molecule is COC(=O)[C@H](Cc1ccccc1)NC(=O)NCc1cccc(-c2cccc([C@@H]3O[C@H](CN(C)C[C@@H](O)c4cccc(O)c4)C[C@H](c4ccc(CO)cc4)O3)c2)c1. The lowest BCUT2D eigenvalue weighted by Gasteiger charge is -2.38. The van der Waals surface area contributed by atoms with Crippen LogP contribution in [0.3, 0.4) is 0 Å². The van der Waals surface area contributed by atoms with Gasteiger partial charge in [0.2, 0.25) is 0 Å². The minimum atomic E-state index is -0.837. The number of likely N-dealkylation sites (N-methyl/N-ethyl adjacent to an activating group) is 1. The number of methoxy groups -OCH3 is 1. The summed E-state index contributed by atoms with van der Waals surface area (Å²) in [6.07, 6.45) is -1.12. The number of carbonyl (C=O) groups is 2. The topological polar surface area (TPSA) is 150 Å². The molecule has 1 aliphatic rings. The van der Waals surface area contributed by atoms with E-state index >= 15 is 0 Å². The largest absolute Gasteiger partial charge is 0.508 e. The van der Waals surface area contributed by atoms with Crippen LogP contribution >= 0.6 is 0 Å². The van der Waals surface area contributed by atoms with E-state index in [1.807, 2.05) is 115 Å². The first-order valence-electron chi connectivity index (χ1n) is 18.7. The van der Waals surface area contributed by atoms with Crippen molar-refractivity contribution in [3.8, 4) is 16.9 Å². The van der Waals surface area contributed by atoms with Crippen LogP contribution in [0.1, 0.15) is 58.3 Å². The number of rotatable bonds is 15. The number of urea groups is 1. The number of amides is 2. The van der Waals surface area contributed by atoms with E-state index in [4.69, 9.17) is 14.2 Å². The van der Waals surface area contributed by atoms with Crippen LogP contribution in [-0.2, 0) is 38.6 Å². The van der Waals surface area contributed by atoms with Crippen LogP contribution in [-0.4, -0.2) is 71.6 Å². The standard InChI is InChI=1S/C45H49N3O8/c1-48(28-41(51)36-14-8-16-38(50)24-36)27-39-25-42(33-19-17-31(29-49)18-20-33)56-44(55-39)37-15-7-13-35(23-37)34-12-6-11-32(21-34)26-46-45(53)47-40(43(52)54-2)22-30-9-4-3-5-10-30/h3-21,23-24,39-42,44,49-51H,22,25-29H2,1-2H3,(H2,46,47,53)/t39-,40-,41+,42+,44+/m0/s1. The van der Waals surface area contributed by atoms with E-state index in [0.717, 1.165) is 38.9 Å². The maximum Gasteiger partial charge on any atom is 0.328 e. The van der Waals surface area contributed by atoms with Gasteiger partial charge in [0.05, 0.1) is 32.0 Å². The van der Waals surface area contributed by atoms with Gasteiger partial charge in [-0.05, 0) is 70.3 Å². The average Bonchev–Trinajstić information content (AvgIpc) is 3.22. The number of hydrogen-bond acceptors (Lipinski definition) is 9. The predicted molar refractivity (Wildman–Crippen MR) is 212 cm³/mol. The molecule has 5 atom stereocenters. The van der Waals surface area contributed by atoms with E-state index in [1.165, 1.54) is 7.11 Å². The van der Waals surface area contributed by atoms with Gasteiger partial charge in [0, 0.05) is 38.0 Å². The third-order valence-corrected chi connectivity index (χ3v) is 9.82. The number of phenols is 1. The lowest BCUT2D eigenvalue weighted by Crippen LogP contribution is -2.47. The van der Waals surface area contributed by atoms with E-state index in [-0.39, 0.29) is 31.1 Å². The van der Waals surface area contributed by atoms with Gasteiger partial charge in [-0.3, -0.25) is 0 Å². The fourth-order valence-corrected chi connectivity index (χ4v) is 6.89. The highest BCUT2D eigenvalue weighted by Gasteiger charge is 2.33. The number of ether oxygens (including phenoxy) is 3. The Morgan fingerprint density at radius 1 is 0.821 bits per heavy atom. The molecule has 0 aromatic heterocycles. The van der Waals surface area contributed by atoms with Gasteiger partial charge in [-0.1, -0.05) is 103 Å². The molecule has 2 amide bonds. The van der Waals surface area contributed by atoms with Gasteiger partial charge in [-0.25, -0.2) is 9.59 Å². The number of nitrogens with one attached hydrogen (secondary N) is 2. The van der Waals surface area contributed by atoms with Crippen molar-refractivity contribution >= 4 is 12.0 Å². The Balaban J connectivity index is 1.14. The number of aliphatic hydroxyl groups excluding tert-OH is 2. The fourth-order valence-electron chi connectivity index (χ4n) is 6.89. The van der Waals surface area contributed by atoms with Crippen LogP contribution < -0.4 is 10.6 Å². The zero-order valence-electron chi connectivity index (χ0n) is 31.6. The third kappa shape index (κ3) is 11.0. The van der Waals surface area contributed by atoms with Crippen molar-refractivity contribution in [2.45, 2.75) is 56.6 Å². The van der Waals surface area contributed by atoms with Crippen molar-refractivity contribution in [1.29, 1.82) is 0 Å². The second kappa shape index (κ2) is 19.3. The molecule has 0 bridgehead atoms. The Kier molecular flexibility index (Phi) is 13.9. The molecule has 11 nitrogen and oxygen atoms in total. The van der Waals surface area contributed by atoms with Gasteiger partial charge in [0.25, 0.3) is 0 Å². The summed E-state index contributed by atoms with van der Waals surface area (Å²) in [5.41, 5.74) is 6.90. The van der Waals surface area contributed by atoms with Crippen LogP contribution in [0.2, 0.25) is 0 Å². The maximum atomic E-state index is 12.9. The molecule has 5 aromatic rings. The van der Waals surface area contributed by atoms with Crippen LogP contribution in [0, 0.1) is 0 Å². The van der Waals surface area contributed by atoms with E-state index in [1.54, 1.807) is 24.3 Å². The van der Waals surface area contributed by atoms with Crippen LogP contribution in [0.15, 0.2) is 127 Å². The summed E-state index contributed by atoms with van der Waals surface area (Å²) in [6, 6.07) is 38.3. The lowest BCUT2D eigenvalue weighted by molar-refractivity contribution is -0.252. The second-order valence-corrected chi connectivity index (χ2v) is 14.1. The van der Waals surface area contributed by atoms with Crippen molar-refractivity contribution in [3.05, 3.63) is 161 Å². The fraction of sp³-hybridized carbons (Fsp3) is 0.289. The Morgan fingerprint density at radius 2 is 1.54 bits per heavy atom. The van der Waals surface area contributed by atoms with Crippen molar-refractivity contribution in [3.63, 3.8) is 0 Å². The van der Waals surface area contributed by atoms with Gasteiger partial charge in [0.1, 0.15) is 11.8 Å². The zero-order valence-corrected chi connectivity index (χ0v) is 31.6. The lowest BCUT2D eigenvalue weighted by atomic mass is 9.98. The maximum absolute atomic E-state index is 12.9. The van der Waals surface area contributed by atoms with Crippen LogP contribution in [0.4, 0.5) is 4.79 Å². The molecule has 1 saturated heterocycles. The minimum absolute atomic E-state index is 0.0473. The second-order valence-electron chi connectivity index (χ2n) is 14.1. The van der Waals surface area contributed by atoms with E-state index in [2.05, 4.69) is 10.6 Å². The molecule has 292 valence electrons. The highest BCUT2D eigenvalue weighted by molar-refractivity contribution is 5.83. The Labute approximate surface area is 327 Å². The number of nitrogens with zero attached hydrogens (tertiary/aromatic N) is 1. The third-order valence-electron chi connectivity index (χ3n) is 9.82. The molecule has 0 unspecified atom stereocenters. The molecule has 0 aliphatic carbocycles. The molecule has 6 rings (SSSR count). The van der Waals surface area contributed by atoms with Gasteiger partial charge in [-0.15, -0.1) is 0 Å². The molecule has 0 radical (unpaired) electrons. The van der Waals surface area contributed by atoms with Crippen LogP contribution in [0.25, 0.3) is 11.1 Å². The molecule has 5 N–H and O–H groups in total. The molecule has 0 saturated carbocycles. The molecule has 11 heteroatoms. The average molecular weight is 760 g/mol. The Morgan fingerprint density at radius 3 is 2.27 bits per heavy atom. The summed E-state index contributed by atoms with van der Waals surface area (Å²) in [4.78, 5) is 27.4. The molecule has 56 heavy (non-hydrogen) atoms. The van der Waals surface area contributed by atoms with Crippen molar-refractivity contribution in [2.75, 3.05) is 27.2 Å². The van der Waals surface area contributed by atoms with Crippen molar-refractivity contribution in [1.82, 2.24) is 15.5 Å². The first kappa shape index (κ1) is 40.1. The highest BCUT2D eigenvalue weighted by atomic mass is 16.7. The van der Waals surface area contributed by atoms with Gasteiger partial charge in [0.15, 0.2) is 6.29 Å².